The van der Waals surface area contributed by atoms with Crippen LogP contribution in [-0.4, -0.2) is 73.4 Å². The van der Waals surface area contributed by atoms with Crippen molar-refractivity contribution in [3.63, 3.8) is 0 Å². The summed E-state index contributed by atoms with van der Waals surface area (Å²) in [4.78, 5) is 23.1. The van der Waals surface area contributed by atoms with Crippen molar-refractivity contribution >= 4 is 13.7 Å². The summed E-state index contributed by atoms with van der Waals surface area (Å²) in [6.45, 7) is 4.85. The van der Waals surface area contributed by atoms with Crippen molar-refractivity contribution in [2.24, 2.45) is 0 Å². The summed E-state index contributed by atoms with van der Waals surface area (Å²) >= 11 is 0. The highest BCUT2D eigenvalue weighted by molar-refractivity contribution is 7.47. The molecule has 0 saturated heterocycles. The fourth-order valence-electron chi connectivity index (χ4n) is 7.45. The predicted molar refractivity (Wildman–Crippen MR) is 254 cm³/mol. The molecule has 0 spiro atoms. The summed E-state index contributed by atoms with van der Waals surface area (Å²) < 4.78 is 23.6. The highest BCUT2D eigenvalue weighted by Gasteiger charge is 2.28. The lowest BCUT2D eigenvalue weighted by atomic mass is 10.0. The standard InChI is InChI=1S/C50H99N2O6P/c1-6-8-10-12-14-16-18-20-21-22-23-24-25-26-27-28-29-30-32-33-35-37-39-41-43-49(53)48(47-58-59(55,56)57-46-45-52(3,4)5)51-50(54)44-42-40-38-36-34-31-19-17-15-13-11-9-7-2/h31,34,38,40,48-49,53H,6-30,32-33,35-37,39,41-47H2,1-5H3,(H-,51,54,55,56)/p+1/b34-31-,40-38-. The van der Waals surface area contributed by atoms with Crippen LogP contribution in [0.5, 0.6) is 0 Å². The average Bonchev–Trinajstić information content (AvgIpc) is 3.19. The van der Waals surface area contributed by atoms with Gasteiger partial charge < -0.3 is 19.8 Å². The lowest BCUT2D eigenvalue weighted by Gasteiger charge is -2.26. The van der Waals surface area contributed by atoms with Crippen molar-refractivity contribution in [3.8, 4) is 0 Å². The third-order valence-corrected chi connectivity index (χ3v) is 12.5. The van der Waals surface area contributed by atoms with Crippen LogP contribution in [0, 0.1) is 0 Å². The second-order valence-corrected chi connectivity index (χ2v) is 20.0. The quantitative estimate of drug-likeness (QED) is 0.0244. The zero-order valence-electron chi connectivity index (χ0n) is 39.8. The molecule has 0 aliphatic heterocycles. The van der Waals surface area contributed by atoms with Crippen molar-refractivity contribution in [2.75, 3.05) is 40.9 Å². The molecular formula is C50H100N2O6P+. The van der Waals surface area contributed by atoms with Gasteiger partial charge in [0.25, 0.3) is 0 Å². The topological polar surface area (TPSA) is 105 Å². The third kappa shape index (κ3) is 44.8. The molecular weight excluding hydrogens is 756 g/mol. The van der Waals surface area contributed by atoms with E-state index in [4.69, 9.17) is 9.05 Å². The van der Waals surface area contributed by atoms with Crippen molar-refractivity contribution in [1.29, 1.82) is 0 Å². The van der Waals surface area contributed by atoms with E-state index in [1.165, 1.54) is 173 Å². The molecule has 0 aromatic rings. The molecule has 0 rings (SSSR count). The number of carbonyl (C=O) groups is 1. The van der Waals surface area contributed by atoms with Crippen LogP contribution in [-0.2, 0) is 18.4 Å². The summed E-state index contributed by atoms with van der Waals surface area (Å²) in [6, 6.07) is -0.789. The number of nitrogens with zero attached hydrogens (tertiary/aromatic N) is 1. The van der Waals surface area contributed by atoms with Crippen molar-refractivity contribution < 1.29 is 32.9 Å². The molecule has 3 atom stereocenters. The third-order valence-electron chi connectivity index (χ3n) is 11.5. The number of likely N-dealkylation sites (N-methyl/N-ethyl adjacent to an activating group) is 1. The van der Waals surface area contributed by atoms with E-state index in [0.29, 0.717) is 23.9 Å². The number of phosphoric ester groups is 1. The van der Waals surface area contributed by atoms with Gasteiger partial charge in [0.1, 0.15) is 13.2 Å². The van der Waals surface area contributed by atoms with Gasteiger partial charge in [-0.1, -0.05) is 224 Å². The summed E-state index contributed by atoms with van der Waals surface area (Å²) in [5.74, 6) is -0.209. The molecule has 0 aromatic heterocycles. The number of allylic oxidation sites excluding steroid dienone is 4. The number of quaternary nitrogens is 1. The minimum Gasteiger partial charge on any atom is -0.391 e. The molecule has 0 aliphatic carbocycles. The normalized spacial score (nSPS) is 14.4. The largest absolute Gasteiger partial charge is 0.472 e. The molecule has 0 aliphatic rings. The summed E-state index contributed by atoms with van der Waals surface area (Å²) in [6.07, 6.45) is 51.0. The number of hydrogen-bond donors (Lipinski definition) is 3. The van der Waals surface area contributed by atoms with Crippen LogP contribution < -0.4 is 5.32 Å². The number of carbonyl (C=O) groups excluding carboxylic acids is 1. The maximum atomic E-state index is 12.9. The van der Waals surface area contributed by atoms with E-state index in [-0.39, 0.29) is 25.5 Å². The van der Waals surface area contributed by atoms with Gasteiger partial charge in [-0.05, 0) is 32.1 Å². The molecule has 9 heteroatoms. The fraction of sp³-hybridized carbons (Fsp3) is 0.900. The lowest BCUT2D eigenvalue weighted by Crippen LogP contribution is -2.46. The highest BCUT2D eigenvalue weighted by Crippen LogP contribution is 2.43. The van der Waals surface area contributed by atoms with Crippen LogP contribution in [0.3, 0.4) is 0 Å². The SMILES string of the molecule is CCCCCCCC/C=C\C/C=C\CCC(=O)NC(COP(=O)(O)OCC[N+](C)(C)C)C(O)CCCCCCCCCCCCCCCCCCCCCCCCCC. The Morgan fingerprint density at radius 3 is 1.39 bits per heavy atom. The number of nitrogens with one attached hydrogen (secondary N) is 1. The number of unbranched alkanes of at least 4 members (excludes halogenated alkanes) is 29. The van der Waals surface area contributed by atoms with E-state index < -0.39 is 20.0 Å². The molecule has 0 saturated carbocycles. The van der Waals surface area contributed by atoms with Gasteiger partial charge in [0.05, 0.1) is 39.9 Å². The number of aliphatic hydroxyl groups is 1. The Morgan fingerprint density at radius 1 is 0.576 bits per heavy atom. The molecule has 1 amide bonds. The van der Waals surface area contributed by atoms with Crippen LogP contribution in [0.1, 0.15) is 239 Å². The number of phosphoric acid groups is 1. The average molecular weight is 856 g/mol. The van der Waals surface area contributed by atoms with Crippen LogP contribution in [0.15, 0.2) is 24.3 Å². The van der Waals surface area contributed by atoms with Crippen LogP contribution in [0.4, 0.5) is 0 Å². The van der Waals surface area contributed by atoms with Gasteiger partial charge in [0.2, 0.25) is 5.91 Å². The van der Waals surface area contributed by atoms with Crippen molar-refractivity contribution in [2.45, 2.75) is 251 Å². The first-order valence-corrected chi connectivity index (χ1v) is 26.7. The number of amides is 1. The maximum Gasteiger partial charge on any atom is 0.472 e. The van der Waals surface area contributed by atoms with E-state index in [1.807, 2.05) is 27.2 Å². The first-order chi connectivity index (χ1) is 28.5. The van der Waals surface area contributed by atoms with Gasteiger partial charge >= 0.3 is 7.82 Å². The van der Waals surface area contributed by atoms with E-state index >= 15 is 0 Å². The Kier molecular flexibility index (Phi) is 41.6. The lowest BCUT2D eigenvalue weighted by molar-refractivity contribution is -0.870. The van der Waals surface area contributed by atoms with Gasteiger partial charge in [-0.15, -0.1) is 0 Å². The van der Waals surface area contributed by atoms with E-state index in [9.17, 15) is 19.4 Å². The van der Waals surface area contributed by atoms with Gasteiger partial charge in [-0.3, -0.25) is 13.8 Å². The number of aliphatic hydroxyl groups excluding tert-OH is 1. The highest BCUT2D eigenvalue weighted by atomic mass is 31.2. The zero-order chi connectivity index (χ0) is 43.6. The Bertz CT molecular complexity index is 1020. The van der Waals surface area contributed by atoms with Gasteiger partial charge in [-0.2, -0.15) is 0 Å². The second kappa shape index (κ2) is 42.3. The van der Waals surface area contributed by atoms with Crippen molar-refractivity contribution in [3.05, 3.63) is 24.3 Å². The first-order valence-electron chi connectivity index (χ1n) is 25.2. The first kappa shape index (κ1) is 58.0. The summed E-state index contributed by atoms with van der Waals surface area (Å²) in [7, 11) is 1.59. The maximum absolute atomic E-state index is 12.9. The van der Waals surface area contributed by atoms with Gasteiger partial charge in [0.15, 0.2) is 0 Å². The van der Waals surface area contributed by atoms with E-state index in [0.717, 1.165) is 32.1 Å². The molecule has 0 bridgehead atoms. The summed E-state index contributed by atoms with van der Waals surface area (Å²) in [5, 5.41) is 13.9. The second-order valence-electron chi connectivity index (χ2n) is 18.5. The zero-order valence-corrected chi connectivity index (χ0v) is 40.7. The molecule has 8 nitrogen and oxygen atoms in total. The Hall–Kier alpha value is -1.02. The minimum atomic E-state index is -4.33. The van der Waals surface area contributed by atoms with Gasteiger partial charge in [0, 0.05) is 6.42 Å². The van der Waals surface area contributed by atoms with Crippen LogP contribution in [0.2, 0.25) is 0 Å². The number of rotatable bonds is 46. The minimum absolute atomic E-state index is 0.0664. The smallest absolute Gasteiger partial charge is 0.391 e. The Morgan fingerprint density at radius 2 is 0.966 bits per heavy atom. The van der Waals surface area contributed by atoms with Crippen LogP contribution in [0.25, 0.3) is 0 Å². The van der Waals surface area contributed by atoms with E-state index in [1.54, 1.807) is 0 Å². The molecule has 0 heterocycles. The monoisotopic (exact) mass is 856 g/mol. The molecule has 0 aromatic carbocycles. The predicted octanol–water partition coefficient (Wildman–Crippen LogP) is 14.5. The van der Waals surface area contributed by atoms with Crippen molar-refractivity contribution in [1.82, 2.24) is 5.32 Å². The molecule has 0 fully saturated rings. The van der Waals surface area contributed by atoms with Gasteiger partial charge in [-0.25, -0.2) is 4.57 Å². The Labute approximate surface area is 366 Å². The molecule has 3 N–H and O–H groups in total. The van der Waals surface area contributed by atoms with Crippen LogP contribution >= 0.6 is 7.82 Å². The van der Waals surface area contributed by atoms with E-state index in [2.05, 4.69) is 37.4 Å². The molecule has 0 radical (unpaired) electrons. The molecule has 3 unspecified atom stereocenters. The number of hydrogen-bond acceptors (Lipinski definition) is 5. The molecule has 59 heavy (non-hydrogen) atoms. The Balaban J connectivity index is 4.22. The summed E-state index contributed by atoms with van der Waals surface area (Å²) in [5.41, 5.74) is 0. The fourth-order valence-corrected chi connectivity index (χ4v) is 8.19. The molecule has 350 valence electrons.